The molecule has 0 rings (SSSR count). The van der Waals surface area contributed by atoms with E-state index in [0.717, 1.165) is 38.5 Å². The molecule has 0 aliphatic carbocycles. The normalized spacial score (nSPS) is 13.1. The first-order chi connectivity index (χ1) is 29.2. The topological polar surface area (TPSA) is 69.6 Å². The van der Waals surface area contributed by atoms with Gasteiger partial charge in [0, 0.05) is 6.42 Å². The zero-order valence-corrected chi connectivity index (χ0v) is 40.0. The van der Waals surface area contributed by atoms with Crippen LogP contribution in [0.15, 0.2) is 36.5 Å². The second-order valence-electron chi connectivity index (χ2n) is 18.3. The average Bonchev–Trinajstić information content (AvgIpc) is 3.24. The van der Waals surface area contributed by atoms with Gasteiger partial charge in [0.05, 0.1) is 18.8 Å². The number of hydrogen-bond donors (Lipinski definition) is 3. The van der Waals surface area contributed by atoms with Crippen LogP contribution in [0.3, 0.4) is 0 Å². The minimum absolute atomic E-state index is 0.0725. The van der Waals surface area contributed by atoms with Crippen molar-refractivity contribution in [2.75, 3.05) is 6.61 Å². The highest BCUT2D eigenvalue weighted by atomic mass is 16.3. The fourth-order valence-electron chi connectivity index (χ4n) is 8.27. The molecule has 3 N–H and O–H groups in total. The molecule has 0 spiro atoms. The summed E-state index contributed by atoms with van der Waals surface area (Å²) in [4.78, 5) is 12.4. The van der Waals surface area contributed by atoms with Crippen molar-refractivity contribution in [1.82, 2.24) is 5.32 Å². The van der Waals surface area contributed by atoms with Gasteiger partial charge in [-0.3, -0.25) is 4.79 Å². The zero-order valence-electron chi connectivity index (χ0n) is 40.0. The number of unbranched alkanes of at least 4 members (excludes halogenated alkanes) is 38. The summed E-state index contributed by atoms with van der Waals surface area (Å²) in [6.45, 7) is 4.32. The van der Waals surface area contributed by atoms with Crippen LogP contribution in [0, 0.1) is 0 Å². The van der Waals surface area contributed by atoms with Gasteiger partial charge in [0.1, 0.15) is 0 Å². The van der Waals surface area contributed by atoms with Crippen molar-refractivity contribution in [3.05, 3.63) is 36.5 Å². The lowest BCUT2D eigenvalue weighted by molar-refractivity contribution is -0.123. The Morgan fingerprint density at radius 3 is 0.983 bits per heavy atom. The second kappa shape index (κ2) is 51.0. The van der Waals surface area contributed by atoms with Crippen molar-refractivity contribution in [2.45, 2.75) is 302 Å². The van der Waals surface area contributed by atoms with Gasteiger partial charge in [0.25, 0.3) is 0 Å². The summed E-state index contributed by atoms with van der Waals surface area (Å²) < 4.78 is 0. The van der Waals surface area contributed by atoms with Gasteiger partial charge in [-0.15, -0.1) is 0 Å². The molecule has 1 amide bonds. The molecular weight excluding hydrogens is 723 g/mol. The fraction of sp³-hybridized carbons (Fsp3) is 0.873. The molecule has 0 aliphatic rings. The van der Waals surface area contributed by atoms with Crippen molar-refractivity contribution in [3.8, 4) is 0 Å². The molecule has 0 fully saturated rings. The molecule has 348 valence electrons. The molecule has 4 nitrogen and oxygen atoms in total. The van der Waals surface area contributed by atoms with Crippen LogP contribution in [0.25, 0.3) is 0 Å². The zero-order chi connectivity index (χ0) is 42.8. The summed E-state index contributed by atoms with van der Waals surface area (Å²) in [7, 11) is 0. The van der Waals surface area contributed by atoms with Crippen LogP contribution < -0.4 is 5.32 Å². The van der Waals surface area contributed by atoms with Gasteiger partial charge in [-0.1, -0.05) is 275 Å². The SMILES string of the molecule is CCCCCCCCCCCCCC/C=C/CC/C=C/CC/C=C/C(O)C(CO)NC(=O)CCCCCCCCCCCCCCCCCCCCCCCCCCC. The Labute approximate surface area is 370 Å². The molecule has 4 heteroatoms. The quantitative estimate of drug-likeness (QED) is 0.0423. The minimum Gasteiger partial charge on any atom is -0.394 e. The van der Waals surface area contributed by atoms with E-state index in [-0.39, 0.29) is 12.5 Å². The van der Waals surface area contributed by atoms with Crippen molar-refractivity contribution in [1.29, 1.82) is 0 Å². The van der Waals surface area contributed by atoms with Crippen molar-refractivity contribution in [3.63, 3.8) is 0 Å². The predicted octanol–water partition coefficient (Wildman–Crippen LogP) is 17.3. The lowest BCUT2D eigenvalue weighted by Crippen LogP contribution is -2.45. The fourth-order valence-corrected chi connectivity index (χ4v) is 8.27. The first kappa shape index (κ1) is 57.6. The number of nitrogens with one attached hydrogen (secondary N) is 1. The Kier molecular flexibility index (Phi) is 49.8. The van der Waals surface area contributed by atoms with Crippen molar-refractivity contribution in [2.24, 2.45) is 0 Å². The van der Waals surface area contributed by atoms with E-state index in [1.54, 1.807) is 6.08 Å². The van der Waals surface area contributed by atoms with E-state index in [9.17, 15) is 15.0 Å². The van der Waals surface area contributed by atoms with Gasteiger partial charge in [0.15, 0.2) is 0 Å². The largest absolute Gasteiger partial charge is 0.394 e. The van der Waals surface area contributed by atoms with Crippen LogP contribution in [0.4, 0.5) is 0 Å². The molecule has 0 bridgehead atoms. The third-order valence-electron chi connectivity index (χ3n) is 12.4. The van der Waals surface area contributed by atoms with Crippen LogP contribution in [-0.4, -0.2) is 34.9 Å². The maximum Gasteiger partial charge on any atom is 0.220 e. The minimum atomic E-state index is -0.868. The monoisotopic (exact) mass is 828 g/mol. The second-order valence-corrected chi connectivity index (χ2v) is 18.3. The van der Waals surface area contributed by atoms with Gasteiger partial charge < -0.3 is 15.5 Å². The maximum absolute atomic E-state index is 12.4. The number of carbonyl (C=O) groups excluding carboxylic acids is 1. The van der Waals surface area contributed by atoms with E-state index in [4.69, 9.17) is 0 Å². The molecule has 0 aromatic rings. The molecule has 0 radical (unpaired) electrons. The molecule has 0 saturated heterocycles. The van der Waals surface area contributed by atoms with Crippen LogP contribution in [-0.2, 0) is 4.79 Å². The lowest BCUT2D eigenvalue weighted by atomic mass is 10.0. The van der Waals surface area contributed by atoms with E-state index in [0.29, 0.717) is 6.42 Å². The Bertz CT molecular complexity index is 897. The van der Waals surface area contributed by atoms with E-state index in [1.807, 2.05) is 6.08 Å². The molecular formula is C55H105NO3. The maximum atomic E-state index is 12.4. The summed E-state index contributed by atoms with van der Waals surface area (Å²) in [6.07, 6.45) is 68.7. The smallest absolute Gasteiger partial charge is 0.220 e. The highest BCUT2D eigenvalue weighted by Gasteiger charge is 2.17. The first-order valence-electron chi connectivity index (χ1n) is 26.7. The summed E-state index contributed by atoms with van der Waals surface area (Å²) in [6, 6.07) is -0.643. The predicted molar refractivity (Wildman–Crippen MR) is 262 cm³/mol. The molecule has 2 unspecified atom stereocenters. The molecule has 0 aromatic heterocycles. The number of carbonyl (C=O) groups is 1. The van der Waals surface area contributed by atoms with Crippen molar-refractivity contribution < 1.29 is 15.0 Å². The van der Waals surface area contributed by atoms with Crippen molar-refractivity contribution >= 4 is 5.91 Å². The summed E-state index contributed by atoms with van der Waals surface area (Å²) in [5.41, 5.74) is 0. The summed E-state index contributed by atoms with van der Waals surface area (Å²) in [5, 5.41) is 23.1. The van der Waals surface area contributed by atoms with E-state index >= 15 is 0 Å². The third kappa shape index (κ3) is 47.5. The van der Waals surface area contributed by atoms with Crippen LogP contribution in [0.2, 0.25) is 0 Å². The van der Waals surface area contributed by atoms with Gasteiger partial charge in [0.2, 0.25) is 5.91 Å². The third-order valence-corrected chi connectivity index (χ3v) is 12.4. The highest BCUT2D eigenvalue weighted by Crippen LogP contribution is 2.17. The first-order valence-corrected chi connectivity index (χ1v) is 26.7. The van der Waals surface area contributed by atoms with E-state index in [2.05, 4.69) is 43.5 Å². The molecule has 2 atom stereocenters. The Hall–Kier alpha value is -1.39. The summed E-state index contributed by atoms with van der Waals surface area (Å²) >= 11 is 0. The highest BCUT2D eigenvalue weighted by molar-refractivity contribution is 5.76. The molecule has 0 aliphatic heterocycles. The molecule has 0 heterocycles. The lowest BCUT2D eigenvalue weighted by Gasteiger charge is -2.19. The Balaban J connectivity index is 3.54. The summed E-state index contributed by atoms with van der Waals surface area (Å²) in [5.74, 6) is -0.0725. The van der Waals surface area contributed by atoms with E-state index in [1.165, 1.54) is 231 Å². The number of rotatable bonds is 49. The molecule has 0 aromatic carbocycles. The van der Waals surface area contributed by atoms with Gasteiger partial charge in [-0.2, -0.15) is 0 Å². The van der Waals surface area contributed by atoms with Gasteiger partial charge in [-0.05, 0) is 44.9 Å². The van der Waals surface area contributed by atoms with Crippen LogP contribution in [0.5, 0.6) is 0 Å². The number of hydrogen-bond acceptors (Lipinski definition) is 3. The average molecular weight is 828 g/mol. The van der Waals surface area contributed by atoms with Gasteiger partial charge in [-0.25, -0.2) is 0 Å². The standard InChI is InChI=1S/C55H105NO3/c1-3-5-7-9-11-13-15-17-19-21-23-25-27-28-29-31-33-35-37-39-41-43-45-47-49-51-55(59)56-53(52-57)54(58)50-48-46-44-42-40-38-36-34-32-30-26-24-22-20-18-16-14-12-10-8-6-4-2/h32,34,40,42,48,50,53-54,57-58H,3-31,33,35-39,41,43-47,49,51-52H2,1-2H3,(H,56,59)/b34-32+,42-40+,50-48+. The Morgan fingerprint density at radius 2 is 0.661 bits per heavy atom. The van der Waals surface area contributed by atoms with Crippen LogP contribution in [0.1, 0.15) is 290 Å². The van der Waals surface area contributed by atoms with Crippen LogP contribution >= 0.6 is 0 Å². The van der Waals surface area contributed by atoms with E-state index < -0.39 is 12.1 Å². The number of amides is 1. The molecule has 59 heavy (non-hydrogen) atoms. The number of aliphatic hydroxyl groups excluding tert-OH is 2. The molecule has 0 saturated carbocycles. The number of aliphatic hydroxyl groups is 2. The van der Waals surface area contributed by atoms with Gasteiger partial charge >= 0.3 is 0 Å². The Morgan fingerprint density at radius 1 is 0.390 bits per heavy atom. The number of allylic oxidation sites excluding steroid dienone is 5.